The van der Waals surface area contributed by atoms with Crippen LogP contribution in [0, 0.1) is 5.95 Å². The van der Waals surface area contributed by atoms with E-state index < -0.39 is 5.95 Å². The van der Waals surface area contributed by atoms with Crippen LogP contribution in [0.2, 0.25) is 10.0 Å². The predicted octanol–water partition coefficient (Wildman–Crippen LogP) is 4.99. The number of pyridine rings is 1. The van der Waals surface area contributed by atoms with E-state index in [0.717, 1.165) is 31.5 Å². The van der Waals surface area contributed by atoms with Gasteiger partial charge in [-0.15, -0.1) is 0 Å². The van der Waals surface area contributed by atoms with Gasteiger partial charge in [-0.05, 0) is 57.6 Å². The zero-order valence-corrected chi connectivity index (χ0v) is 18.3. The highest BCUT2D eigenvalue weighted by molar-refractivity contribution is 6.44. The summed E-state index contributed by atoms with van der Waals surface area (Å²) in [5.41, 5.74) is 2.05. The quantitative estimate of drug-likeness (QED) is 0.683. The number of aromatic nitrogens is 1. The summed E-state index contributed by atoms with van der Waals surface area (Å²) in [5.74, 6) is -0.558. The van der Waals surface area contributed by atoms with E-state index in [1.54, 1.807) is 11.0 Å². The van der Waals surface area contributed by atoms with Crippen LogP contribution in [0.25, 0.3) is 11.1 Å². The van der Waals surface area contributed by atoms with Gasteiger partial charge in [-0.25, -0.2) is 9.78 Å². The average Bonchev–Trinajstić information content (AvgIpc) is 2.70. The second-order valence-corrected chi connectivity index (χ2v) is 8.27. The Hall–Kier alpha value is -1.89. The fraction of sp³-hybridized carbons (Fsp3) is 0.429. The first-order valence-corrected chi connectivity index (χ1v) is 10.3. The average molecular weight is 439 g/mol. The topological polar surface area (TPSA) is 48.5 Å². The molecule has 1 aromatic carbocycles. The molecule has 8 heteroatoms. The minimum Gasteiger partial charge on any atom is -0.331 e. The summed E-state index contributed by atoms with van der Waals surface area (Å²) < 4.78 is 13.1. The van der Waals surface area contributed by atoms with Crippen molar-refractivity contribution in [2.24, 2.45) is 0 Å². The molecule has 5 nitrogen and oxygen atoms in total. The number of nitrogens with one attached hydrogen (secondary N) is 1. The van der Waals surface area contributed by atoms with Gasteiger partial charge in [-0.3, -0.25) is 0 Å². The Kier molecular flexibility index (Phi) is 6.98. The Balaban J connectivity index is 1.72. The first kappa shape index (κ1) is 21.8. The highest BCUT2D eigenvalue weighted by atomic mass is 35.5. The van der Waals surface area contributed by atoms with E-state index in [9.17, 15) is 9.18 Å². The van der Waals surface area contributed by atoms with Crippen molar-refractivity contribution in [2.75, 3.05) is 27.2 Å². The lowest BCUT2D eigenvalue weighted by Gasteiger charge is -2.35. The molecule has 1 fully saturated rings. The van der Waals surface area contributed by atoms with Crippen molar-refractivity contribution in [2.45, 2.75) is 31.8 Å². The van der Waals surface area contributed by atoms with Crippen LogP contribution in [-0.4, -0.2) is 54.0 Å². The minimum absolute atomic E-state index is 0.133. The van der Waals surface area contributed by atoms with E-state index in [-0.39, 0.29) is 18.1 Å². The van der Waals surface area contributed by atoms with Gasteiger partial charge in [0, 0.05) is 30.4 Å². The molecule has 1 aliphatic heterocycles. The molecular weight excluding hydrogens is 414 g/mol. The van der Waals surface area contributed by atoms with Crippen molar-refractivity contribution in [3.05, 3.63) is 52.0 Å². The fourth-order valence-corrected chi connectivity index (χ4v) is 4.18. The molecule has 0 radical (unpaired) electrons. The number of piperidine rings is 1. The second kappa shape index (κ2) is 9.28. The van der Waals surface area contributed by atoms with Gasteiger partial charge in [-0.2, -0.15) is 4.39 Å². The van der Waals surface area contributed by atoms with Gasteiger partial charge in [0.15, 0.2) is 0 Å². The van der Waals surface area contributed by atoms with Gasteiger partial charge in [0.2, 0.25) is 5.95 Å². The Morgan fingerprint density at radius 3 is 2.55 bits per heavy atom. The van der Waals surface area contributed by atoms with E-state index in [1.807, 2.05) is 26.1 Å². The van der Waals surface area contributed by atoms with Crippen LogP contribution in [0.3, 0.4) is 0 Å². The molecule has 156 valence electrons. The molecule has 0 aliphatic carbocycles. The Morgan fingerprint density at radius 1 is 1.24 bits per heavy atom. The molecule has 1 aromatic heterocycles. The summed E-state index contributed by atoms with van der Waals surface area (Å²) in [5, 5.41) is 3.72. The first-order chi connectivity index (χ1) is 13.8. The monoisotopic (exact) mass is 438 g/mol. The number of hydrogen-bond donors (Lipinski definition) is 1. The van der Waals surface area contributed by atoms with Gasteiger partial charge in [-0.1, -0.05) is 35.3 Å². The molecule has 1 aliphatic rings. The van der Waals surface area contributed by atoms with Crippen molar-refractivity contribution < 1.29 is 9.18 Å². The number of rotatable bonds is 4. The first-order valence-electron chi connectivity index (χ1n) is 9.59. The van der Waals surface area contributed by atoms with E-state index in [1.165, 1.54) is 12.3 Å². The Labute approximate surface area is 180 Å². The standard InChI is InChI=1S/C21H25Cl2FN4O/c1-13(26-21(29)28(3)15-8-10-27(2)11-9-15)16-5-6-17(20(23)19(16)22)14-4-7-18(24)25-12-14/h4-7,12-13,15H,8-11H2,1-3H3,(H,26,29). The molecule has 2 heterocycles. The third-order valence-corrected chi connectivity index (χ3v) is 6.41. The van der Waals surface area contributed by atoms with Crippen LogP contribution >= 0.6 is 23.2 Å². The number of halogens is 3. The van der Waals surface area contributed by atoms with Crippen molar-refractivity contribution >= 4 is 29.2 Å². The third kappa shape index (κ3) is 5.00. The number of urea groups is 1. The molecule has 1 unspecified atom stereocenters. The summed E-state index contributed by atoms with van der Waals surface area (Å²) in [6.45, 7) is 3.84. The molecule has 0 spiro atoms. The number of hydrogen-bond acceptors (Lipinski definition) is 3. The maximum Gasteiger partial charge on any atom is 0.317 e. The SMILES string of the molecule is CC(NC(=O)N(C)C1CCN(C)CC1)c1ccc(-c2ccc(F)nc2)c(Cl)c1Cl. The zero-order chi connectivity index (χ0) is 21.1. The molecule has 2 amide bonds. The number of carbonyl (C=O) groups is 1. The minimum atomic E-state index is -0.558. The van der Waals surface area contributed by atoms with Gasteiger partial charge in [0.25, 0.3) is 0 Å². The highest BCUT2D eigenvalue weighted by Crippen LogP contribution is 2.38. The summed E-state index contributed by atoms with van der Waals surface area (Å²) >= 11 is 13.0. The molecule has 3 rings (SSSR count). The molecule has 0 saturated carbocycles. The maximum absolute atomic E-state index is 13.1. The number of benzene rings is 1. The van der Waals surface area contributed by atoms with Crippen molar-refractivity contribution in [3.8, 4) is 11.1 Å². The lowest BCUT2D eigenvalue weighted by molar-refractivity contribution is 0.146. The van der Waals surface area contributed by atoms with Crippen molar-refractivity contribution in [1.82, 2.24) is 20.1 Å². The summed E-state index contributed by atoms with van der Waals surface area (Å²) in [6.07, 6.45) is 3.33. The van der Waals surface area contributed by atoms with Gasteiger partial charge < -0.3 is 15.1 Å². The number of amides is 2. The Morgan fingerprint density at radius 2 is 1.93 bits per heavy atom. The van der Waals surface area contributed by atoms with E-state index in [0.29, 0.717) is 21.2 Å². The van der Waals surface area contributed by atoms with Crippen LogP contribution in [-0.2, 0) is 0 Å². The zero-order valence-electron chi connectivity index (χ0n) is 16.8. The molecule has 1 N–H and O–H groups in total. The fourth-order valence-electron chi connectivity index (χ4n) is 3.57. The van der Waals surface area contributed by atoms with Crippen molar-refractivity contribution in [1.29, 1.82) is 0 Å². The van der Waals surface area contributed by atoms with Crippen LogP contribution in [0.15, 0.2) is 30.5 Å². The highest BCUT2D eigenvalue weighted by Gasteiger charge is 2.25. The van der Waals surface area contributed by atoms with Crippen LogP contribution in [0.1, 0.15) is 31.4 Å². The molecule has 1 atom stereocenters. The normalized spacial score (nSPS) is 16.5. The lowest BCUT2D eigenvalue weighted by Crippen LogP contribution is -2.48. The second-order valence-electron chi connectivity index (χ2n) is 7.52. The van der Waals surface area contributed by atoms with Crippen LogP contribution in [0.5, 0.6) is 0 Å². The smallest absolute Gasteiger partial charge is 0.317 e. The molecule has 29 heavy (non-hydrogen) atoms. The number of likely N-dealkylation sites (tertiary alicyclic amines) is 1. The van der Waals surface area contributed by atoms with Gasteiger partial charge >= 0.3 is 6.03 Å². The molecule has 1 saturated heterocycles. The lowest BCUT2D eigenvalue weighted by atomic mass is 10.0. The molecule has 2 aromatic rings. The molecular formula is C21H25Cl2FN4O. The van der Waals surface area contributed by atoms with Gasteiger partial charge in [0.05, 0.1) is 16.1 Å². The predicted molar refractivity (Wildman–Crippen MR) is 115 cm³/mol. The summed E-state index contributed by atoms with van der Waals surface area (Å²) in [4.78, 5) is 20.4. The third-order valence-electron chi connectivity index (χ3n) is 5.51. The molecule has 0 bridgehead atoms. The van der Waals surface area contributed by atoms with Crippen LogP contribution in [0.4, 0.5) is 9.18 Å². The Bertz CT molecular complexity index is 870. The largest absolute Gasteiger partial charge is 0.331 e. The van der Waals surface area contributed by atoms with E-state index in [4.69, 9.17) is 23.2 Å². The number of carbonyl (C=O) groups excluding carboxylic acids is 1. The van der Waals surface area contributed by atoms with Crippen LogP contribution < -0.4 is 5.32 Å². The van der Waals surface area contributed by atoms with Crippen molar-refractivity contribution in [3.63, 3.8) is 0 Å². The van der Waals surface area contributed by atoms with E-state index in [2.05, 4.69) is 22.2 Å². The summed E-state index contributed by atoms with van der Waals surface area (Å²) in [7, 11) is 3.92. The number of nitrogens with zero attached hydrogens (tertiary/aromatic N) is 3. The van der Waals surface area contributed by atoms with Gasteiger partial charge in [0.1, 0.15) is 0 Å². The maximum atomic E-state index is 13.1. The summed E-state index contributed by atoms with van der Waals surface area (Å²) in [6, 6.07) is 6.28. The van der Waals surface area contributed by atoms with E-state index >= 15 is 0 Å².